The van der Waals surface area contributed by atoms with Crippen molar-refractivity contribution in [1.29, 1.82) is 0 Å². The molecule has 0 spiro atoms. The number of rotatable bonds is 3. The van der Waals surface area contributed by atoms with E-state index in [1.165, 1.54) is 0 Å². The molecule has 0 unspecified atom stereocenters. The van der Waals surface area contributed by atoms with Gasteiger partial charge in [0.05, 0.1) is 0 Å². The molecule has 0 radical (unpaired) electrons. The van der Waals surface area contributed by atoms with Gasteiger partial charge in [-0.15, -0.1) is 0 Å². The Balaban J connectivity index is 1.67. The van der Waals surface area contributed by atoms with Gasteiger partial charge >= 0.3 is 6.03 Å². The van der Waals surface area contributed by atoms with Crippen molar-refractivity contribution in [3.63, 3.8) is 0 Å². The molecule has 0 bridgehead atoms. The zero-order valence-electron chi connectivity index (χ0n) is 14.7. The van der Waals surface area contributed by atoms with Gasteiger partial charge in [0.25, 0.3) is 0 Å². The molecule has 23 heavy (non-hydrogen) atoms. The number of nitrogens with zero attached hydrogens (tertiary/aromatic N) is 1. The van der Waals surface area contributed by atoms with E-state index in [0.29, 0.717) is 5.92 Å². The van der Waals surface area contributed by atoms with Crippen molar-refractivity contribution in [1.82, 2.24) is 15.5 Å². The van der Waals surface area contributed by atoms with Crippen molar-refractivity contribution in [2.24, 2.45) is 11.8 Å². The highest BCUT2D eigenvalue weighted by atomic mass is 16.2. The lowest BCUT2D eigenvalue weighted by Gasteiger charge is -2.34. The van der Waals surface area contributed by atoms with E-state index in [4.69, 9.17) is 0 Å². The number of hydrogen-bond donors (Lipinski definition) is 2. The van der Waals surface area contributed by atoms with Gasteiger partial charge in [0.1, 0.15) is 0 Å². The highest BCUT2D eigenvalue weighted by Gasteiger charge is 2.26. The highest BCUT2D eigenvalue weighted by molar-refractivity contribution is 5.79. The molecule has 2 aliphatic rings. The van der Waals surface area contributed by atoms with Gasteiger partial charge in [0.15, 0.2) is 0 Å². The molecule has 1 fully saturated rings. The molecule has 1 saturated heterocycles. The van der Waals surface area contributed by atoms with Crippen molar-refractivity contribution < 1.29 is 9.59 Å². The number of carbonyl (C=O) groups excluding carboxylic acids is 2. The molecule has 5 nitrogen and oxygen atoms in total. The van der Waals surface area contributed by atoms with Crippen molar-refractivity contribution in [3.8, 4) is 0 Å². The fraction of sp³-hybridized carbons (Fsp3) is 0.778. The SMILES string of the molecule is CC(C)(C)NC(=O)N1CCC(CNC(=O)[C@@H]2CC=CCC2)CC1. The minimum absolute atomic E-state index is 0.0222. The maximum absolute atomic E-state index is 12.2. The lowest BCUT2D eigenvalue weighted by Crippen LogP contribution is -2.51. The van der Waals surface area contributed by atoms with Crippen LogP contribution in [0.2, 0.25) is 0 Å². The quantitative estimate of drug-likeness (QED) is 0.785. The molecule has 1 heterocycles. The minimum atomic E-state index is -0.198. The van der Waals surface area contributed by atoms with Crippen LogP contribution in [0.15, 0.2) is 12.2 Å². The van der Waals surface area contributed by atoms with E-state index < -0.39 is 0 Å². The summed E-state index contributed by atoms with van der Waals surface area (Å²) in [6, 6.07) is 0.0222. The predicted octanol–water partition coefficient (Wildman–Crippen LogP) is 2.68. The summed E-state index contributed by atoms with van der Waals surface area (Å²) in [6.45, 7) is 8.27. The van der Waals surface area contributed by atoms with Crippen LogP contribution in [0.4, 0.5) is 4.79 Å². The van der Waals surface area contributed by atoms with Crippen LogP contribution in [-0.2, 0) is 4.79 Å². The van der Waals surface area contributed by atoms with Crippen LogP contribution in [0.1, 0.15) is 52.9 Å². The molecule has 1 aliphatic carbocycles. The van der Waals surface area contributed by atoms with Crippen LogP contribution in [0, 0.1) is 11.8 Å². The first-order valence-corrected chi connectivity index (χ1v) is 8.85. The molecule has 3 amide bonds. The van der Waals surface area contributed by atoms with Crippen LogP contribution in [-0.4, -0.2) is 42.0 Å². The van der Waals surface area contributed by atoms with Crippen molar-refractivity contribution >= 4 is 11.9 Å². The number of nitrogens with one attached hydrogen (secondary N) is 2. The van der Waals surface area contributed by atoms with Crippen LogP contribution < -0.4 is 10.6 Å². The van der Waals surface area contributed by atoms with E-state index in [1.807, 2.05) is 25.7 Å². The Bertz CT molecular complexity index is 446. The van der Waals surface area contributed by atoms with E-state index in [2.05, 4.69) is 22.8 Å². The second kappa shape index (κ2) is 7.84. The molecule has 0 aromatic rings. The predicted molar refractivity (Wildman–Crippen MR) is 92.1 cm³/mol. The standard InChI is InChI=1S/C18H31N3O2/c1-18(2,3)20-17(23)21-11-9-14(10-12-21)13-19-16(22)15-7-5-4-6-8-15/h4-5,14-15H,6-13H2,1-3H3,(H,19,22)(H,20,23)/t15-/m1/s1. The van der Waals surface area contributed by atoms with Gasteiger partial charge in [-0.2, -0.15) is 0 Å². The zero-order chi connectivity index (χ0) is 16.9. The van der Waals surface area contributed by atoms with Gasteiger partial charge < -0.3 is 15.5 Å². The maximum Gasteiger partial charge on any atom is 0.317 e. The number of piperidine rings is 1. The largest absolute Gasteiger partial charge is 0.356 e. The summed E-state index contributed by atoms with van der Waals surface area (Å²) < 4.78 is 0. The van der Waals surface area contributed by atoms with Crippen molar-refractivity contribution in [3.05, 3.63) is 12.2 Å². The number of likely N-dealkylation sites (tertiary alicyclic amines) is 1. The Hall–Kier alpha value is -1.52. The minimum Gasteiger partial charge on any atom is -0.356 e. The van der Waals surface area contributed by atoms with Gasteiger partial charge in [-0.3, -0.25) is 4.79 Å². The summed E-state index contributed by atoms with van der Waals surface area (Å²) in [4.78, 5) is 26.2. The summed E-state index contributed by atoms with van der Waals surface area (Å²) in [7, 11) is 0. The molecule has 0 aromatic carbocycles. The summed E-state index contributed by atoms with van der Waals surface area (Å²) in [5, 5.41) is 6.12. The maximum atomic E-state index is 12.2. The molecule has 2 N–H and O–H groups in total. The smallest absolute Gasteiger partial charge is 0.317 e. The molecule has 1 atom stereocenters. The third-order valence-corrected chi connectivity index (χ3v) is 4.59. The Kier molecular flexibility index (Phi) is 6.08. The first-order valence-electron chi connectivity index (χ1n) is 8.85. The molecule has 5 heteroatoms. The molecular weight excluding hydrogens is 290 g/mol. The van der Waals surface area contributed by atoms with E-state index >= 15 is 0 Å². The van der Waals surface area contributed by atoms with Gasteiger partial charge in [0, 0.05) is 31.1 Å². The first kappa shape index (κ1) is 17.8. The lowest BCUT2D eigenvalue weighted by atomic mass is 9.92. The van der Waals surface area contributed by atoms with Crippen LogP contribution >= 0.6 is 0 Å². The summed E-state index contributed by atoms with van der Waals surface area (Å²) in [5.74, 6) is 0.830. The third-order valence-electron chi connectivity index (χ3n) is 4.59. The highest BCUT2D eigenvalue weighted by Crippen LogP contribution is 2.20. The van der Waals surface area contributed by atoms with Gasteiger partial charge in [-0.1, -0.05) is 12.2 Å². The van der Waals surface area contributed by atoms with Crippen LogP contribution in [0.3, 0.4) is 0 Å². The van der Waals surface area contributed by atoms with Gasteiger partial charge in [0.2, 0.25) is 5.91 Å². The van der Waals surface area contributed by atoms with Crippen LogP contribution in [0.25, 0.3) is 0 Å². The number of allylic oxidation sites excluding steroid dienone is 2. The molecular formula is C18H31N3O2. The van der Waals surface area contributed by atoms with E-state index in [0.717, 1.165) is 51.7 Å². The van der Waals surface area contributed by atoms with Crippen LogP contribution in [0.5, 0.6) is 0 Å². The normalized spacial score (nSPS) is 22.7. The fourth-order valence-corrected chi connectivity index (χ4v) is 3.16. The second-order valence-electron chi connectivity index (χ2n) is 7.84. The second-order valence-corrected chi connectivity index (χ2v) is 7.84. The summed E-state index contributed by atoms with van der Waals surface area (Å²) >= 11 is 0. The number of carbonyl (C=O) groups is 2. The molecule has 130 valence electrons. The number of hydrogen-bond acceptors (Lipinski definition) is 2. The monoisotopic (exact) mass is 321 g/mol. The molecule has 0 saturated carbocycles. The molecule has 0 aromatic heterocycles. The van der Waals surface area contributed by atoms with Gasteiger partial charge in [-0.05, 0) is 58.8 Å². The Morgan fingerprint density at radius 1 is 1.13 bits per heavy atom. The average molecular weight is 321 g/mol. The molecule has 2 rings (SSSR count). The van der Waals surface area contributed by atoms with Gasteiger partial charge in [-0.25, -0.2) is 4.79 Å². The van der Waals surface area contributed by atoms with E-state index in [9.17, 15) is 9.59 Å². The van der Waals surface area contributed by atoms with E-state index in [1.54, 1.807) is 0 Å². The fourth-order valence-electron chi connectivity index (χ4n) is 3.16. The first-order chi connectivity index (χ1) is 10.8. The molecule has 1 aliphatic heterocycles. The number of urea groups is 1. The average Bonchev–Trinajstić information content (AvgIpc) is 2.52. The Labute approximate surface area is 139 Å². The Morgan fingerprint density at radius 2 is 1.83 bits per heavy atom. The topological polar surface area (TPSA) is 61.4 Å². The lowest BCUT2D eigenvalue weighted by molar-refractivity contribution is -0.125. The number of amides is 3. The zero-order valence-corrected chi connectivity index (χ0v) is 14.7. The van der Waals surface area contributed by atoms with E-state index in [-0.39, 0.29) is 23.4 Å². The Morgan fingerprint density at radius 3 is 2.39 bits per heavy atom. The summed E-state index contributed by atoms with van der Waals surface area (Å²) in [6.07, 6.45) is 9.04. The third kappa shape index (κ3) is 5.88. The van der Waals surface area contributed by atoms with Crippen molar-refractivity contribution in [2.75, 3.05) is 19.6 Å². The summed E-state index contributed by atoms with van der Waals surface area (Å²) in [5.41, 5.74) is -0.198. The van der Waals surface area contributed by atoms with Crippen molar-refractivity contribution in [2.45, 2.75) is 58.4 Å².